The number of amides is 2. The molecule has 2 saturated heterocycles. The standard InChI is InChI=1S/C28H29N5O8S3.ClH/c1-12-31-32-25(44-12)23(42)17-11-43-27-19(26(38)33(27)20(17)28(39)41-14(3)40-13(2)34)30-24(37)22(36)16-8-5-4-7-15(16)21(35)18-9-6-10-29-18;/h4-5,7-8,14,18-19,22,27,29,36H,6,9-11H2,1-3H3,(H,30,37);1H/t14?,18-,19?,22?,27-;/m0./s1. The van der Waals surface area contributed by atoms with Crippen molar-refractivity contribution < 1.29 is 38.6 Å². The number of aliphatic hydroxyl groups is 1. The molecule has 3 N–H and O–H groups in total. The van der Waals surface area contributed by atoms with Crippen molar-refractivity contribution in [3.63, 3.8) is 0 Å². The third-order valence-corrected chi connectivity index (χ3v) is 9.91. The number of hydrogen-bond acceptors (Lipinski definition) is 14. The summed E-state index contributed by atoms with van der Waals surface area (Å²) in [6.45, 7) is 4.98. The Morgan fingerprint density at radius 1 is 1.20 bits per heavy atom. The summed E-state index contributed by atoms with van der Waals surface area (Å²) in [6, 6.07) is 4.84. The number of rotatable bonds is 10. The van der Waals surface area contributed by atoms with Crippen LogP contribution in [0.2, 0.25) is 0 Å². The molecule has 3 unspecified atom stereocenters. The van der Waals surface area contributed by atoms with E-state index in [1.165, 1.54) is 41.0 Å². The van der Waals surface area contributed by atoms with Gasteiger partial charge in [-0.2, -0.15) is 0 Å². The molecule has 4 heterocycles. The van der Waals surface area contributed by atoms with Gasteiger partial charge in [-0.1, -0.05) is 47.8 Å². The Balaban J connectivity index is 0.00000461. The molecule has 45 heavy (non-hydrogen) atoms. The van der Waals surface area contributed by atoms with E-state index >= 15 is 0 Å². The molecule has 0 bridgehead atoms. The van der Waals surface area contributed by atoms with Crippen LogP contribution in [0.3, 0.4) is 0 Å². The molecule has 0 spiro atoms. The van der Waals surface area contributed by atoms with Gasteiger partial charge in [0.05, 0.1) is 10.9 Å². The summed E-state index contributed by atoms with van der Waals surface area (Å²) in [6.07, 6.45) is -1.47. The number of benzene rings is 1. The lowest BCUT2D eigenvalue weighted by atomic mass is 9.94. The third-order valence-electron chi connectivity index (χ3n) is 7.20. The zero-order valence-corrected chi connectivity index (χ0v) is 27.6. The van der Waals surface area contributed by atoms with Gasteiger partial charge in [-0.3, -0.25) is 24.1 Å². The number of Topliss-reactive ketones (excluding diaryl/α,β-unsaturated/α-hetero) is 1. The van der Waals surface area contributed by atoms with Crippen molar-refractivity contribution in [3.8, 4) is 0 Å². The third kappa shape index (κ3) is 7.10. The van der Waals surface area contributed by atoms with Crippen LogP contribution in [-0.4, -0.2) is 90.6 Å². The van der Waals surface area contributed by atoms with Crippen LogP contribution in [0.25, 0.3) is 0 Å². The lowest BCUT2D eigenvalue weighted by molar-refractivity contribution is -0.182. The molecule has 1 aromatic heterocycles. The van der Waals surface area contributed by atoms with E-state index in [0.29, 0.717) is 28.6 Å². The number of nitrogens with zero attached hydrogens (tertiary/aromatic N) is 3. The fourth-order valence-electron chi connectivity index (χ4n) is 5.19. The number of aromatic nitrogens is 2. The smallest absolute Gasteiger partial charge is 0.358 e. The average molecular weight is 696 g/mol. The number of aliphatic hydroxyl groups excluding tert-OH is 1. The van der Waals surface area contributed by atoms with Gasteiger partial charge in [-0.15, -0.1) is 34.4 Å². The van der Waals surface area contributed by atoms with Crippen LogP contribution in [0, 0.1) is 6.92 Å². The number of aryl methyl sites for hydroxylation is 1. The van der Waals surface area contributed by atoms with Crippen molar-refractivity contribution in [2.75, 3.05) is 12.3 Å². The molecule has 2 amide bonds. The fraction of sp³-hybridized carbons (Fsp3) is 0.429. The number of thiocarbonyl (C=S) groups is 1. The lowest BCUT2D eigenvalue weighted by Gasteiger charge is -2.49. The Labute approximate surface area is 277 Å². The summed E-state index contributed by atoms with van der Waals surface area (Å²) in [5.41, 5.74) is 0.514. The minimum absolute atomic E-state index is 0. The fourth-order valence-corrected chi connectivity index (χ4v) is 7.63. The Morgan fingerprint density at radius 2 is 1.93 bits per heavy atom. The molecular formula is C28H30ClN5O8S3. The Kier molecular flexibility index (Phi) is 11.1. The van der Waals surface area contributed by atoms with Crippen molar-refractivity contribution >= 4 is 82.1 Å². The van der Waals surface area contributed by atoms with Crippen LogP contribution in [0.4, 0.5) is 0 Å². The van der Waals surface area contributed by atoms with E-state index in [1.54, 1.807) is 25.1 Å². The second-order valence-corrected chi connectivity index (χ2v) is 13.0. The topological polar surface area (TPSA) is 177 Å². The van der Waals surface area contributed by atoms with Crippen LogP contribution in [0.1, 0.15) is 58.7 Å². The Morgan fingerprint density at radius 3 is 2.58 bits per heavy atom. The van der Waals surface area contributed by atoms with Crippen molar-refractivity contribution in [3.05, 3.63) is 56.7 Å². The quantitative estimate of drug-likeness (QED) is 0.108. The van der Waals surface area contributed by atoms with E-state index in [-0.39, 0.29) is 45.6 Å². The highest BCUT2D eigenvalue weighted by atomic mass is 35.5. The molecule has 5 rings (SSSR count). The maximum absolute atomic E-state index is 13.5. The molecule has 0 saturated carbocycles. The van der Waals surface area contributed by atoms with Gasteiger partial charge in [0.1, 0.15) is 22.1 Å². The summed E-state index contributed by atoms with van der Waals surface area (Å²) < 4.78 is 10.2. The van der Waals surface area contributed by atoms with Gasteiger partial charge in [0.25, 0.3) is 11.8 Å². The van der Waals surface area contributed by atoms with E-state index in [9.17, 15) is 29.1 Å². The minimum Gasteiger partial charge on any atom is -0.426 e. The number of ketones is 1. The number of fused-ring (bicyclic) bond motifs is 1. The predicted octanol–water partition coefficient (Wildman–Crippen LogP) is 1.76. The van der Waals surface area contributed by atoms with Crippen molar-refractivity contribution in [2.45, 2.75) is 63.5 Å². The zero-order chi connectivity index (χ0) is 31.7. The molecule has 13 nitrogen and oxygen atoms in total. The number of halogens is 1. The number of nitrogens with one attached hydrogen (secondary N) is 2. The summed E-state index contributed by atoms with van der Waals surface area (Å²) in [5.74, 6) is -3.18. The molecule has 2 aromatic rings. The number of ether oxygens (including phenoxy) is 2. The number of β-lactam (4-membered cyclic amide) rings is 1. The predicted molar refractivity (Wildman–Crippen MR) is 170 cm³/mol. The normalized spacial score (nSPS) is 21.9. The first kappa shape index (κ1) is 34.6. The van der Waals surface area contributed by atoms with Gasteiger partial charge in [0.2, 0.25) is 6.29 Å². The van der Waals surface area contributed by atoms with Crippen LogP contribution < -0.4 is 10.6 Å². The highest BCUT2D eigenvalue weighted by Crippen LogP contribution is 2.42. The van der Waals surface area contributed by atoms with Crippen LogP contribution in [0.5, 0.6) is 0 Å². The van der Waals surface area contributed by atoms with E-state index < -0.39 is 53.6 Å². The molecule has 1 aromatic carbocycles. The summed E-state index contributed by atoms with van der Waals surface area (Å²) in [5, 5.41) is 25.0. The SMILES string of the molecule is CC(=O)OC(C)OC(=O)C1=C(C(=S)c2nnc(C)s2)CS[C@H]2C(NC(=O)C(O)c3ccccc3C(=O)[C@@H]3CCCN3)C(=O)N12.Cl. The van der Waals surface area contributed by atoms with Gasteiger partial charge in [-0.05, 0) is 26.3 Å². The minimum atomic E-state index is -1.72. The van der Waals surface area contributed by atoms with Gasteiger partial charge in [-0.25, -0.2) is 4.79 Å². The van der Waals surface area contributed by atoms with E-state index in [2.05, 4.69) is 20.8 Å². The maximum Gasteiger partial charge on any atom is 0.358 e. The number of thioether (sulfide) groups is 1. The van der Waals surface area contributed by atoms with Gasteiger partial charge in [0.15, 0.2) is 16.9 Å². The second-order valence-electron chi connectivity index (χ2n) is 10.3. The van der Waals surface area contributed by atoms with E-state index in [1.807, 2.05) is 0 Å². The maximum atomic E-state index is 13.5. The molecule has 0 aliphatic carbocycles. The first-order valence-corrected chi connectivity index (χ1v) is 16.0. The molecule has 3 aliphatic heterocycles. The van der Waals surface area contributed by atoms with Gasteiger partial charge in [0, 0.05) is 36.3 Å². The van der Waals surface area contributed by atoms with E-state index in [0.717, 1.165) is 13.3 Å². The molecule has 3 aliphatic rings. The van der Waals surface area contributed by atoms with Crippen LogP contribution in [0.15, 0.2) is 35.5 Å². The monoisotopic (exact) mass is 695 g/mol. The number of hydrogen-bond donors (Lipinski definition) is 3. The largest absolute Gasteiger partial charge is 0.426 e. The summed E-state index contributed by atoms with van der Waals surface area (Å²) >= 11 is 8.09. The molecule has 5 atom stereocenters. The molecule has 0 radical (unpaired) electrons. The summed E-state index contributed by atoms with van der Waals surface area (Å²) in [4.78, 5) is 65.9. The first-order chi connectivity index (χ1) is 21.0. The van der Waals surface area contributed by atoms with Crippen molar-refractivity contribution in [1.82, 2.24) is 25.7 Å². The molecule has 240 valence electrons. The lowest BCUT2D eigenvalue weighted by Crippen LogP contribution is -2.71. The average Bonchev–Trinajstić information content (AvgIpc) is 3.69. The zero-order valence-electron chi connectivity index (χ0n) is 24.3. The van der Waals surface area contributed by atoms with Gasteiger partial charge < -0.3 is 25.2 Å². The number of carbonyl (C=O) groups is 5. The highest BCUT2D eigenvalue weighted by molar-refractivity contribution is 8.00. The van der Waals surface area contributed by atoms with Crippen LogP contribution in [-0.2, 0) is 28.7 Å². The van der Waals surface area contributed by atoms with E-state index in [4.69, 9.17) is 21.7 Å². The molecule has 17 heteroatoms. The molecule has 2 fully saturated rings. The van der Waals surface area contributed by atoms with Crippen molar-refractivity contribution in [2.24, 2.45) is 0 Å². The Hall–Kier alpha value is -3.28. The first-order valence-electron chi connectivity index (χ1n) is 13.7. The number of carbonyl (C=O) groups excluding carboxylic acids is 5. The highest BCUT2D eigenvalue weighted by Gasteiger charge is 2.55. The second kappa shape index (κ2) is 14.4. The Bertz CT molecular complexity index is 1580. The van der Waals surface area contributed by atoms with Crippen LogP contribution >= 0.6 is 47.7 Å². The van der Waals surface area contributed by atoms with Gasteiger partial charge >= 0.3 is 11.9 Å². The molecular weight excluding hydrogens is 666 g/mol. The summed E-state index contributed by atoms with van der Waals surface area (Å²) in [7, 11) is 0. The number of esters is 2. The van der Waals surface area contributed by atoms with Crippen molar-refractivity contribution in [1.29, 1.82) is 0 Å².